The number of hydrogen-bond donors (Lipinski definition) is 0. The average molecular weight is 462 g/mol. The molecule has 0 aliphatic heterocycles. The van der Waals surface area contributed by atoms with Crippen molar-refractivity contribution in [3.8, 4) is 28.6 Å². The molecule has 4 rings (SSSR count). The Kier molecular flexibility index (Phi) is 7.10. The van der Waals surface area contributed by atoms with Crippen LogP contribution in [-0.4, -0.2) is 34.2 Å². The van der Waals surface area contributed by atoms with Crippen LogP contribution in [0, 0.1) is 0 Å². The molecule has 6 nitrogen and oxygen atoms in total. The summed E-state index contributed by atoms with van der Waals surface area (Å²) in [5.74, 6) is 2.06. The van der Waals surface area contributed by atoms with E-state index in [9.17, 15) is 4.79 Å². The number of thiophene rings is 1. The quantitative estimate of drug-likeness (QED) is 0.307. The number of benzene rings is 2. The van der Waals surface area contributed by atoms with Gasteiger partial charge in [-0.1, -0.05) is 43.3 Å². The fourth-order valence-electron chi connectivity index (χ4n) is 3.68. The Bertz CT molecular complexity index is 1190. The van der Waals surface area contributed by atoms with Gasteiger partial charge in [0.25, 0.3) is 5.91 Å². The Balaban J connectivity index is 1.74. The minimum Gasteiger partial charge on any atom is -0.497 e. The van der Waals surface area contributed by atoms with E-state index in [1.807, 2.05) is 84.1 Å². The molecular weight excluding hydrogens is 434 g/mol. The van der Waals surface area contributed by atoms with Crippen molar-refractivity contribution < 1.29 is 14.3 Å². The predicted molar refractivity (Wildman–Crippen MR) is 131 cm³/mol. The number of ether oxygens (including phenoxy) is 2. The van der Waals surface area contributed by atoms with Gasteiger partial charge in [0.1, 0.15) is 17.2 Å². The molecule has 2 aromatic carbocycles. The zero-order valence-corrected chi connectivity index (χ0v) is 19.8. The van der Waals surface area contributed by atoms with Crippen LogP contribution in [0.25, 0.3) is 11.3 Å². The lowest BCUT2D eigenvalue weighted by Crippen LogP contribution is -2.31. The number of carbonyl (C=O) groups is 1. The van der Waals surface area contributed by atoms with Crippen molar-refractivity contribution in [2.45, 2.75) is 19.9 Å². The van der Waals surface area contributed by atoms with Crippen LogP contribution in [0.5, 0.6) is 17.4 Å². The molecule has 4 aromatic rings. The maximum Gasteiger partial charge on any atom is 0.264 e. The fraction of sp³-hybridized carbons (Fsp3) is 0.231. The summed E-state index contributed by atoms with van der Waals surface area (Å²) in [5, 5.41) is 6.70. The summed E-state index contributed by atoms with van der Waals surface area (Å²) in [6.07, 6.45) is 0.854. The predicted octanol–water partition coefficient (Wildman–Crippen LogP) is 6.00. The standard InChI is InChI=1S/C26H27N3O3S/c1-4-16-29(25(30)23-11-8-17-33-23)18-22-24(19-9-6-5-7-10-19)27-28(2)26(22)32-21-14-12-20(31-3)13-15-21/h5-15,17H,4,16,18H2,1-3H3. The van der Waals surface area contributed by atoms with Gasteiger partial charge in [0.2, 0.25) is 5.88 Å². The third-order valence-electron chi connectivity index (χ3n) is 5.27. The van der Waals surface area contributed by atoms with Crippen LogP contribution in [0.2, 0.25) is 0 Å². The van der Waals surface area contributed by atoms with Gasteiger partial charge in [0.15, 0.2) is 0 Å². The number of methoxy groups -OCH3 is 1. The second kappa shape index (κ2) is 10.4. The summed E-state index contributed by atoms with van der Waals surface area (Å²) in [7, 11) is 3.49. The molecule has 0 unspecified atom stereocenters. The Morgan fingerprint density at radius 2 is 1.76 bits per heavy atom. The van der Waals surface area contributed by atoms with Crippen LogP contribution in [-0.2, 0) is 13.6 Å². The average Bonchev–Trinajstić information content (AvgIpc) is 3.49. The molecule has 33 heavy (non-hydrogen) atoms. The molecule has 0 aliphatic rings. The van der Waals surface area contributed by atoms with E-state index in [0.29, 0.717) is 24.7 Å². The van der Waals surface area contributed by atoms with E-state index in [1.165, 1.54) is 11.3 Å². The van der Waals surface area contributed by atoms with Crippen molar-refractivity contribution in [2.24, 2.45) is 7.05 Å². The minimum atomic E-state index is 0.0186. The molecule has 2 aromatic heterocycles. The van der Waals surface area contributed by atoms with E-state index in [4.69, 9.17) is 14.6 Å². The monoisotopic (exact) mass is 461 g/mol. The van der Waals surface area contributed by atoms with Crippen molar-refractivity contribution in [2.75, 3.05) is 13.7 Å². The molecule has 0 fully saturated rings. The molecule has 0 N–H and O–H groups in total. The van der Waals surface area contributed by atoms with Gasteiger partial charge in [0.05, 0.1) is 24.1 Å². The van der Waals surface area contributed by atoms with Crippen molar-refractivity contribution in [3.05, 3.63) is 82.6 Å². The molecule has 0 atom stereocenters. The Labute approximate surface area is 198 Å². The maximum atomic E-state index is 13.2. The van der Waals surface area contributed by atoms with E-state index in [-0.39, 0.29) is 5.91 Å². The maximum absolute atomic E-state index is 13.2. The van der Waals surface area contributed by atoms with E-state index in [2.05, 4.69) is 6.92 Å². The molecule has 7 heteroatoms. The van der Waals surface area contributed by atoms with Gasteiger partial charge in [-0.2, -0.15) is 5.10 Å². The fourth-order valence-corrected chi connectivity index (χ4v) is 4.37. The largest absolute Gasteiger partial charge is 0.497 e. The lowest BCUT2D eigenvalue weighted by atomic mass is 10.1. The highest BCUT2D eigenvalue weighted by molar-refractivity contribution is 7.12. The number of aryl methyl sites for hydroxylation is 1. The van der Waals surface area contributed by atoms with Crippen molar-refractivity contribution in [1.82, 2.24) is 14.7 Å². The molecule has 0 radical (unpaired) electrons. The van der Waals surface area contributed by atoms with E-state index in [0.717, 1.165) is 33.9 Å². The summed E-state index contributed by atoms with van der Waals surface area (Å²) in [5.41, 5.74) is 2.66. The lowest BCUT2D eigenvalue weighted by molar-refractivity contribution is 0.0747. The topological polar surface area (TPSA) is 56.6 Å². The van der Waals surface area contributed by atoms with Crippen molar-refractivity contribution >= 4 is 17.2 Å². The molecule has 0 aliphatic carbocycles. The second-order valence-electron chi connectivity index (χ2n) is 7.60. The molecule has 0 saturated carbocycles. The molecule has 0 bridgehead atoms. The summed E-state index contributed by atoms with van der Waals surface area (Å²) in [6.45, 7) is 3.11. The molecule has 1 amide bonds. The molecular formula is C26H27N3O3S. The van der Waals surface area contributed by atoms with Gasteiger partial charge in [-0.05, 0) is 42.1 Å². The van der Waals surface area contributed by atoms with E-state index < -0.39 is 0 Å². The van der Waals surface area contributed by atoms with Crippen molar-refractivity contribution in [3.63, 3.8) is 0 Å². The molecule has 170 valence electrons. The third kappa shape index (κ3) is 5.09. The smallest absolute Gasteiger partial charge is 0.264 e. The number of rotatable bonds is 9. The normalized spacial score (nSPS) is 10.8. The number of carbonyl (C=O) groups excluding carboxylic acids is 1. The van der Waals surface area contributed by atoms with E-state index in [1.54, 1.807) is 11.8 Å². The molecule has 2 heterocycles. The van der Waals surface area contributed by atoms with Gasteiger partial charge in [0, 0.05) is 19.2 Å². The van der Waals surface area contributed by atoms with Gasteiger partial charge in [-0.15, -0.1) is 11.3 Å². The molecule has 0 spiro atoms. The van der Waals surface area contributed by atoms with E-state index >= 15 is 0 Å². The first-order valence-electron chi connectivity index (χ1n) is 10.9. The number of nitrogens with zero attached hydrogens (tertiary/aromatic N) is 3. The number of amides is 1. The van der Waals surface area contributed by atoms with Crippen LogP contribution >= 0.6 is 11.3 Å². The highest BCUT2D eigenvalue weighted by Gasteiger charge is 2.25. The summed E-state index contributed by atoms with van der Waals surface area (Å²) < 4.78 is 13.3. The number of hydrogen-bond acceptors (Lipinski definition) is 5. The minimum absolute atomic E-state index is 0.0186. The van der Waals surface area contributed by atoms with Crippen LogP contribution in [0.1, 0.15) is 28.6 Å². The summed E-state index contributed by atoms with van der Waals surface area (Å²) >= 11 is 1.46. The van der Waals surface area contributed by atoms with Gasteiger partial charge < -0.3 is 14.4 Å². The SMILES string of the molecule is CCCN(Cc1c(-c2ccccc2)nn(C)c1Oc1ccc(OC)cc1)C(=O)c1cccs1. The lowest BCUT2D eigenvalue weighted by Gasteiger charge is -2.22. The van der Waals surface area contributed by atoms with Gasteiger partial charge in [-0.25, -0.2) is 4.68 Å². The molecule has 0 saturated heterocycles. The third-order valence-corrected chi connectivity index (χ3v) is 6.13. The Hall–Kier alpha value is -3.58. The first kappa shape index (κ1) is 22.6. The van der Waals surface area contributed by atoms with Crippen LogP contribution in [0.4, 0.5) is 0 Å². The number of aromatic nitrogens is 2. The zero-order chi connectivity index (χ0) is 23.2. The highest BCUT2D eigenvalue weighted by atomic mass is 32.1. The summed E-state index contributed by atoms with van der Waals surface area (Å²) in [6, 6.07) is 21.2. The zero-order valence-electron chi connectivity index (χ0n) is 19.0. The van der Waals surface area contributed by atoms with Gasteiger partial charge >= 0.3 is 0 Å². The van der Waals surface area contributed by atoms with Crippen LogP contribution < -0.4 is 9.47 Å². The van der Waals surface area contributed by atoms with Crippen LogP contribution in [0.15, 0.2) is 72.1 Å². The first-order chi connectivity index (χ1) is 16.1. The highest BCUT2D eigenvalue weighted by Crippen LogP contribution is 2.35. The Morgan fingerprint density at radius 1 is 1.03 bits per heavy atom. The summed E-state index contributed by atoms with van der Waals surface area (Å²) in [4.78, 5) is 15.8. The first-order valence-corrected chi connectivity index (χ1v) is 11.7. The Morgan fingerprint density at radius 3 is 2.39 bits per heavy atom. The van der Waals surface area contributed by atoms with Gasteiger partial charge in [-0.3, -0.25) is 4.79 Å². The van der Waals surface area contributed by atoms with Crippen LogP contribution in [0.3, 0.4) is 0 Å². The van der Waals surface area contributed by atoms with Crippen molar-refractivity contribution in [1.29, 1.82) is 0 Å². The second-order valence-corrected chi connectivity index (χ2v) is 8.55.